The summed E-state index contributed by atoms with van der Waals surface area (Å²) < 4.78 is 0. The van der Waals surface area contributed by atoms with E-state index in [1.54, 1.807) is 5.57 Å². The van der Waals surface area contributed by atoms with Crippen LogP contribution < -0.4 is 5.32 Å². The van der Waals surface area contributed by atoms with Crippen LogP contribution in [0.3, 0.4) is 0 Å². The summed E-state index contributed by atoms with van der Waals surface area (Å²) in [5.41, 5.74) is 1.57. The minimum Gasteiger partial charge on any atom is -0.313 e. The molecule has 1 nitrogen and oxygen atoms in total. The van der Waals surface area contributed by atoms with Crippen molar-refractivity contribution >= 4 is 0 Å². The Labute approximate surface area is 83.6 Å². The van der Waals surface area contributed by atoms with Gasteiger partial charge in [0.05, 0.1) is 0 Å². The third-order valence-electron chi connectivity index (χ3n) is 2.58. The molecule has 0 unspecified atom stereocenters. The van der Waals surface area contributed by atoms with Crippen molar-refractivity contribution in [3.8, 4) is 0 Å². The summed E-state index contributed by atoms with van der Waals surface area (Å²) in [5.74, 6) is 0.786. The highest BCUT2D eigenvalue weighted by Crippen LogP contribution is 2.13. The quantitative estimate of drug-likeness (QED) is 0.597. The molecular weight excluding hydrogens is 158 g/mol. The number of allylic oxidation sites excluding steroid dienone is 1. The molecule has 0 saturated heterocycles. The fourth-order valence-electron chi connectivity index (χ4n) is 1.45. The molecule has 0 radical (unpaired) electrons. The van der Waals surface area contributed by atoms with Crippen molar-refractivity contribution in [2.24, 2.45) is 5.92 Å². The van der Waals surface area contributed by atoms with Crippen molar-refractivity contribution in [1.29, 1.82) is 0 Å². The number of likely N-dealkylation sites (N-methyl/N-ethyl adjacent to an activating group) is 1. The molecule has 13 heavy (non-hydrogen) atoms. The summed E-state index contributed by atoms with van der Waals surface area (Å²) >= 11 is 0. The molecule has 0 rings (SSSR count). The van der Waals surface area contributed by atoms with E-state index in [1.807, 2.05) is 0 Å². The molecule has 0 aliphatic carbocycles. The maximum absolute atomic E-state index is 3.38. The predicted molar refractivity (Wildman–Crippen MR) is 61.0 cm³/mol. The first-order valence-corrected chi connectivity index (χ1v) is 5.68. The molecule has 0 bridgehead atoms. The van der Waals surface area contributed by atoms with E-state index in [2.05, 4.69) is 39.1 Å². The summed E-state index contributed by atoms with van der Waals surface area (Å²) in [6.45, 7) is 11.1. The summed E-state index contributed by atoms with van der Waals surface area (Å²) in [4.78, 5) is 0. The molecule has 78 valence electrons. The van der Waals surface area contributed by atoms with Gasteiger partial charge in [0.2, 0.25) is 0 Å². The zero-order valence-electron chi connectivity index (χ0n) is 9.69. The molecule has 0 spiro atoms. The first-order valence-electron chi connectivity index (χ1n) is 5.68. The number of hydrogen-bond acceptors (Lipinski definition) is 1. The molecule has 0 aliphatic rings. The standard InChI is InChI=1S/C12H25N/c1-5-11(6-2)9-12(7-3)10-13-8-4/h9,11,13H,5-8,10H2,1-4H3. The molecule has 0 amide bonds. The maximum atomic E-state index is 3.38. The van der Waals surface area contributed by atoms with Gasteiger partial charge in [-0.1, -0.05) is 39.3 Å². The van der Waals surface area contributed by atoms with Crippen LogP contribution in [0, 0.1) is 5.92 Å². The predicted octanol–water partition coefficient (Wildman–Crippen LogP) is 3.37. The average Bonchev–Trinajstić information content (AvgIpc) is 2.19. The van der Waals surface area contributed by atoms with Crippen LogP contribution in [0.15, 0.2) is 11.6 Å². The van der Waals surface area contributed by atoms with Gasteiger partial charge in [-0.15, -0.1) is 0 Å². The lowest BCUT2D eigenvalue weighted by Crippen LogP contribution is -2.16. The van der Waals surface area contributed by atoms with Crippen LogP contribution in [0.1, 0.15) is 47.0 Å². The van der Waals surface area contributed by atoms with Gasteiger partial charge in [0.1, 0.15) is 0 Å². The Kier molecular flexibility index (Phi) is 8.11. The van der Waals surface area contributed by atoms with E-state index in [9.17, 15) is 0 Å². The summed E-state index contributed by atoms with van der Waals surface area (Å²) in [6, 6.07) is 0. The Morgan fingerprint density at radius 1 is 1.15 bits per heavy atom. The van der Waals surface area contributed by atoms with Crippen LogP contribution in [-0.4, -0.2) is 13.1 Å². The largest absolute Gasteiger partial charge is 0.313 e. The third-order valence-corrected chi connectivity index (χ3v) is 2.58. The van der Waals surface area contributed by atoms with Gasteiger partial charge >= 0.3 is 0 Å². The van der Waals surface area contributed by atoms with Gasteiger partial charge in [-0.3, -0.25) is 0 Å². The van der Waals surface area contributed by atoms with Crippen molar-refractivity contribution in [2.75, 3.05) is 13.1 Å². The molecule has 0 saturated carbocycles. The second-order valence-electron chi connectivity index (χ2n) is 3.54. The highest BCUT2D eigenvalue weighted by atomic mass is 14.8. The van der Waals surface area contributed by atoms with Crippen LogP contribution in [0.4, 0.5) is 0 Å². The molecular formula is C12H25N. The zero-order chi connectivity index (χ0) is 10.1. The molecule has 1 N–H and O–H groups in total. The normalized spacial score (nSPS) is 12.5. The monoisotopic (exact) mass is 183 g/mol. The smallest absolute Gasteiger partial charge is 0.0164 e. The fraction of sp³-hybridized carbons (Fsp3) is 0.833. The first-order chi connectivity index (χ1) is 6.28. The van der Waals surface area contributed by atoms with E-state index in [0.29, 0.717) is 0 Å². The van der Waals surface area contributed by atoms with Crippen molar-refractivity contribution < 1.29 is 0 Å². The Bertz CT molecular complexity index is 134. The Morgan fingerprint density at radius 2 is 1.77 bits per heavy atom. The molecule has 0 heterocycles. The lowest BCUT2D eigenvalue weighted by molar-refractivity contribution is 0.595. The van der Waals surface area contributed by atoms with Gasteiger partial charge in [0, 0.05) is 6.54 Å². The highest BCUT2D eigenvalue weighted by molar-refractivity contribution is 5.05. The summed E-state index contributed by atoms with van der Waals surface area (Å²) in [6.07, 6.45) is 6.18. The van der Waals surface area contributed by atoms with Crippen LogP contribution in [-0.2, 0) is 0 Å². The van der Waals surface area contributed by atoms with E-state index >= 15 is 0 Å². The molecule has 0 atom stereocenters. The maximum Gasteiger partial charge on any atom is 0.0164 e. The van der Waals surface area contributed by atoms with Crippen molar-refractivity contribution in [1.82, 2.24) is 5.32 Å². The summed E-state index contributed by atoms with van der Waals surface area (Å²) in [7, 11) is 0. The molecule has 0 aromatic heterocycles. The number of nitrogens with one attached hydrogen (secondary N) is 1. The SMILES string of the molecule is CCNCC(=CC(CC)CC)CC. The molecule has 0 aromatic rings. The van der Waals surface area contributed by atoms with E-state index in [1.165, 1.54) is 19.3 Å². The minimum atomic E-state index is 0.786. The van der Waals surface area contributed by atoms with Crippen molar-refractivity contribution in [3.05, 3.63) is 11.6 Å². The van der Waals surface area contributed by atoms with Crippen molar-refractivity contribution in [3.63, 3.8) is 0 Å². The van der Waals surface area contributed by atoms with Crippen molar-refractivity contribution in [2.45, 2.75) is 47.0 Å². The van der Waals surface area contributed by atoms with Gasteiger partial charge in [-0.25, -0.2) is 0 Å². The minimum absolute atomic E-state index is 0.786. The highest BCUT2D eigenvalue weighted by Gasteiger charge is 2.01. The van der Waals surface area contributed by atoms with E-state index < -0.39 is 0 Å². The second-order valence-corrected chi connectivity index (χ2v) is 3.54. The van der Waals surface area contributed by atoms with Crippen LogP contribution in [0.25, 0.3) is 0 Å². The lowest BCUT2D eigenvalue weighted by Gasteiger charge is -2.11. The molecule has 0 fully saturated rings. The number of rotatable bonds is 7. The summed E-state index contributed by atoms with van der Waals surface area (Å²) in [5, 5.41) is 3.38. The van der Waals surface area contributed by atoms with E-state index in [0.717, 1.165) is 19.0 Å². The lowest BCUT2D eigenvalue weighted by atomic mass is 9.99. The average molecular weight is 183 g/mol. The van der Waals surface area contributed by atoms with Gasteiger partial charge in [0.15, 0.2) is 0 Å². The Hall–Kier alpha value is -0.300. The Morgan fingerprint density at radius 3 is 2.15 bits per heavy atom. The van der Waals surface area contributed by atoms with Gasteiger partial charge in [-0.2, -0.15) is 0 Å². The number of hydrogen-bond donors (Lipinski definition) is 1. The van der Waals surface area contributed by atoms with Gasteiger partial charge in [0.25, 0.3) is 0 Å². The molecule has 1 heteroatoms. The van der Waals surface area contributed by atoms with E-state index in [-0.39, 0.29) is 0 Å². The van der Waals surface area contributed by atoms with Crippen LogP contribution in [0.5, 0.6) is 0 Å². The third kappa shape index (κ3) is 5.87. The van der Waals surface area contributed by atoms with Crippen LogP contribution >= 0.6 is 0 Å². The van der Waals surface area contributed by atoms with Crippen LogP contribution in [0.2, 0.25) is 0 Å². The zero-order valence-corrected chi connectivity index (χ0v) is 9.69. The topological polar surface area (TPSA) is 12.0 Å². The molecule has 0 aromatic carbocycles. The van der Waals surface area contributed by atoms with E-state index in [4.69, 9.17) is 0 Å². The fourth-order valence-corrected chi connectivity index (χ4v) is 1.45. The Balaban J connectivity index is 4.01. The molecule has 0 aliphatic heterocycles. The van der Waals surface area contributed by atoms with Gasteiger partial charge < -0.3 is 5.32 Å². The van der Waals surface area contributed by atoms with Gasteiger partial charge in [-0.05, 0) is 31.7 Å². The first kappa shape index (κ1) is 12.7. The second kappa shape index (κ2) is 8.31.